The molecule has 0 radical (unpaired) electrons. The van der Waals surface area contributed by atoms with Gasteiger partial charge >= 0.3 is 0 Å². The highest BCUT2D eigenvalue weighted by molar-refractivity contribution is 6.09. The van der Waals surface area contributed by atoms with E-state index in [-0.39, 0.29) is 11.7 Å². The van der Waals surface area contributed by atoms with E-state index in [1.807, 2.05) is 24.3 Å². The third kappa shape index (κ3) is 2.44. The fraction of sp³-hybridized carbons (Fsp3) is 0.235. The molecule has 0 aromatic heterocycles. The van der Waals surface area contributed by atoms with Crippen LogP contribution in [0.1, 0.15) is 22.3 Å². The molecule has 1 heterocycles. The van der Waals surface area contributed by atoms with Crippen molar-refractivity contribution in [2.45, 2.75) is 13.3 Å². The molecule has 2 aromatic carbocycles. The summed E-state index contributed by atoms with van der Waals surface area (Å²) in [5.74, 6) is -0.0930. The van der Waals surface area contributed by atoms with Crippen LogP contribution in [-0.2, 0) is 0 Å². The number of nitrogens with one attached hydrogen (secondary N) is 1. The van der Waals surface area contributed by atoms with E-state index in [2.05, 4.69) is 5.32 Å². The van der Waals surface area contributed by atoms with Crippen molar-refractivity contribution in [2.75, 3.05) is 23.3 Å². The molecule has 4 heteroatoms. The molecule has 2 aromatic rings. The second kappa shape index (κ2) is 5.48. The number of phenols is 1. The summed E-state index contributed by atoms with van der Waals surface area (Å²) in [6.07, 6.45) is 0.868. The van der Waals surface area contributed by atoms with Crippen LogP contribution in [0.25, 0.3) is 0 Å². The van der Waals surface area contributed by atoms with Crippen molar-refractivity contribution in [2.24, 2.45) is 0 Å². The van der Waals surface area contributed by atoms with E-state index in [0.717, 1.165) is 24.3 Å². The molecule has 0 bridgehead atoms. The van der Waals surface area contributed by atoms with E-state index in [0.29, 0.717) is 17.7 Å². The van der Waals surface area contributed by atoms with Crippen molar-refractivity contribution in [1.82, 2.24) is 0 Å². The molecule has 0 saturated heterocycles. The molecular weight excluding hydrogens is 264 g/mol. The standard InChI is InChI=1S/C17H18N2O2/c1-12-6-4-7-13(16(12)20)17(21)19-11-5-10-18-14-8-2-3-9-15(14)19/h2-4,6-9,18,20H,5,10-11H2,1H3. The predicted molar refractivity (Wildman–Crippen MR) is 84.1 cm³/mol. The van der Waals surface area contributed by atoms with Crippen molar-refractivity contribution in [3.63, 3.8) is 0 Å². The summed E-state index contributed by atoms with van der Waals surface area (Å²) in [7, 11) is 0. The first kappa shape index (κ1) is 13.5. The molecule has 1 aliphatic heterocycles. The Morgan fingerprint density at radius 3 is 2.86 bits per heavy atom. The topological polar surface area (TPSA) is 52.6 Å². The van der Waals surface area contributed by atoms with Gasteiger partial charge in [-0.25, -0.2) is 0 Å². The highest BCUT2D eigenvalue weighted by Gasteiger charge is 2.24. The molecule has 1 aliphatic rings. The van der Waals surface area contributed by atoms with E-state index in [1.165, 1.54) is 0 Å². The van der Waals surface area contributed by atoms with Gasteiger partial charge in [-0.1, -0.05) is 24.3 Å². The Bertz CT molecular complexity index is 682. The zero-order valence-corrected chi connectivity index (χ0v) is 12.0. The van der Waals surface area contributed by atoms with Gasteiger partial charge in [-0.2, -0.15) is 0 Å². The number of hydrogen-bond acceptors (Lipinski definition) is 3. The maximum Gasteiger partial charge on any atom is 0.262 e. The van der Waals surface area contributed by atoms with Crippen LogP contribution >= 0.6 is 0 Å². The Labute approximate surface area is 124 Å². The molecule has 0 spiro atoms. The summed E-state index contributed by atoms with van der Waals surface area (Å²) < 4.78 is 0. The molecule has 0 unspecified atom stereocenters. The van der Waals surface area contributed by atoms with Gasteiger partial charge in [-0.05, 0) is 37.1 Å². The minimum atomic E-state index is -0.160. The molecule has 108 valence electrons. The lowest BCUT2D eigenvalue weighted by Crippen LogP contribution is -2.31. The number of phenolic OH excluding ortho intramolecular Hbond substituents is 1. The van der Waals surface area contributed by atoms with E-state index < -0.39 is 0 Å². The SMILES string of the molecule is Cc1cccc(C(=O)N2CCCNc3ccccc32)c1O. The maximum absolute atomic E-state index is 12.8. The van der Waals surface area contributed by atoms with Crippen LogP contribution in [0.5, 0.6) is 5.75 Å². The Balaban J connectivity index is 2.03. The molecule has 21 heavy (non-hydrogen) atoms. The monoisotopic (exact) mass is 282 g/mol. The predicted octanol–water partition coefficient (Wildman–Crippen LogP) is 3.16. The highest BCUT2D eigenvalue weighted by Crippen LogP contribution is 2.31. The van der Waals surface area contributed by atoms with Crippen LogP contribution in [0.4, 0.5) is 11.4 Å². The molecule has 0 atom stereocenters. The van der Waals surface area contributed by atoms with Crippen molar-refractivity contribution >= 4 is 17.3 Å². The van der Waals surface area contributed by atoms with Crippen LogP contribution in [0.15, 0.2) is 42.5 Å². The van der Waals surface area contributed by atoms with Gasteiger partial charge in [0.15, 0.2) is 0 Å². The second-order valence-electron chi connectivity index (χ2n) is 5.23. The number of amides is 1. The third-order valence-corrected chi connectivity index (χ3v) is 3.78. The van der Waals surface area contributed by atoms with Crippen molar-refractivity contribution < 1.29 is 9.90 Å². The number of carbonyl (C=O) groups is 1. The second-order valence-corrected chi connectivity index (χ2v) is 5.23. The fourth-order valence-electron chi connectivity index (χ4n) is 2.63. The number of carbonyl (C=O) groups excluding carboxylic acids is 1. The number of aryl methyl sites for hydroxylation is 1. The summed E-state index contributed by atoms with van der Waals surface area (Å²) in [6, 6.07) is 13.0. The molecule has 0 aliphatic carbocycles. The summed E-state index contributed by atoms with van der Waals surface area (Å²) in [4.78, 5) is 14.6. The average molecular weight is 282 g/mol. The number of fused-ring (bicyclic) bond motifs is 1. The van der Waals surface area contributed by atoms with Gasteiger partial charge in [0.1, 0.15) is 5.75 Å². The number of para-hydroxylation sites is 3. The molecule has 4 nitrogen and oxygen atoms in total. The number of rotatable bonds is 1. The number of hydrogen-bond donors (Lipinski definition) is 2. The minimum Gasteiger partial charge on any atom is -0.507 e. The van der Waals surface area contributed by atoms with E-state index >= 15 is 0 Å². The van der Waals surface area contributed by atoms with Crippen LogP contribution in [-0.4, -0.2) is 24.1 Å². The number of benzene rings is 2. The zero-order valence-electron chi connectivity index (χ0n) is 12.0. The largest absolute Gasteiger partial charge is 0.507 e. The van der Waals surface area contributed by atoms with Gasteiger partial charge in [-0.15, -0.1) is 0 Å². The first-order valence-electron chi connectivity index (χ1n) is 7.12. The lowest BCUT2D eigenvalue weighted by molar-refractivity contribution is 0.0984. The molecule has 1 amide bonds. The lowest BCUT2D eigenvalue weighted by Gasteiger charge is -2.23. The van der Waals surface area contributed by atoms with Gasteiger partial charge in [-0.3, -0.25) is 4.79 Å². The molecule has 0 saturated carbocycles. The van der Waals surface area contributed by atoms with Crippen LogP contribution in [0.3, 0.4) is 0 Å². The third-order valence-electron chi connectivity index (χ3n) is 3.78. The summed E-state index contributed by atoms with van der Waals surface area (Å²) in [6.45, 7) is 3.26. The first-order chi connectivity index (χ1) is 10.2. The van der Waals surface area contributed by atoms with E-state index in [9.17, 15) is 9.90 Å². The summed E-state index contributed by atoms with van der Waals surface area (Å²) in [5.41, 5.74) is 2.88. The minimum absolute atomic E-state index is 0.0668. The zero-order chi connectivity index (χ0) is 14.8. The Hall–Kier alpha value is -2.49. The van der Waals surface area contributed by atoms with Crippen molar-refractivity contribution in [3.8, 4) is 5.75 Å². The number of anilines is 2. The summed E-state index contributed by atoms with van der Waals surface area (Å²) in [5, 5.41) is 13.5. The Kier molecular flexibility index (Phi) is 3.52. The van der Waals surface area contributed by atoms with E-state index in [4.69, 9.17) is 0 Å². The summed E-state index contributed by atoms with van der Waals surface area (Å²) >= 11 is 0. The van der Waals surface area contributed by atoms with Gasteiger partial charge in [0.25, 0.3) is 5.91 Å². The van der Waals surface area contributed by atoms with Gasteiger partial charge < -0.3 is 15.3 Å². The Morgan fingerprint density at radius 2 is 2.00 bits per heavy atom. The maximum atomic E-state index is 12.8. The van der Waals surface area contributed by atoms with Gasteiger partial charge in [0, 0.05) is 13.1 Å². The normalized spacial score (nSPS) is 14.0. The quantitative estimate of drug-likeness (QED) is 0.844. The molecule has 2 N–H and O–H groups in total. The smallest absolute Gasteiger partial charge is 0.262 e. The van der Waals surface area contributed by atoms with Crippen LogP contribution < -0.4 is 10.2 Å². The van der Waals surface area contributed by atoms with Gasteiger partial charge in [0.2, 0.25) is 0 Å². The number of nitrogens with zero attached hydrogens (tertiary/aromatic N) is 1. The van der Waals surface area contributed by atoms with Gasteiger partial charge in [0.05, 0.1) is 16.9 Å². The number of aromatic hydroxyl groups is 1. The molecular formula is C17H18N2O2. The van der Waals surface area contributed by atoms with E-state index in [1.54, 1.807) is 30.0 Å². The molecule has 3 rings (SSSR count). The highest BCUT2D eigenvalue weighted by atomic mass is 16.3. The molecule has 0 fully saturated rings. The average Bonchev–Trinajstić information content (AvgIpc) is 2.72. The van der Waals surface area contributed by atoms with Crippen LogP contribution in [0.2, 0.25) is 0 Å². The lowest BCUT2D eigenvalue weighted by atomic mass is 10.1. The van der Waals surface area contributed by atoms with Crippen LogP contribution in [0, 0.1) is 6.92 Å². The van der Waals surface area contributed by atoms with Crippen molar-refractivity contribution in [3.05, 3.63) is 53.6 Å². The first-order valence-corrected chi connectivity index (χ1v) is 7.12. The Morgan fingerprint density at radius 1 is 1.19 bits per heavy atom. The fourth-order valence-corrected chi connectivity index (χ4v) is 2.63. The van der Waals surface area contributed by atoms with Crippen molar-refractivity contribution in [1.29, 1.82) is 0 Å².